The van der Waals surface area contributed by atoms with Crippen LogP contribution in [0.4, 0.5) is 17.2 Å². The highest BCUT2D eigenvalue weighted by molar-refractivity contribution is 6.05. The van der Waals surface area contributed by atoms with E-state index in [1.165, 1.54) is 0 Å². The number of nitrogens with one attached hydrogen (secondary N) is 1. The van der Waals surface area contributed by atoms with E-state index in [1.54, 1.807) is 50.7 Å². The summed E-state index contributed by atoms with van der Waals surface area (Å²) >= 11 is 0. The molecule has 0 fully saturated rings. The first-order chi connectivity index (χ1) is 13.1. The number of carbonyl (C=O) groups is 1. The van der Waals surface area contributed by atoms with Crippen molar-refractivity contribution in [1.29, 1.82) is 0 Å². The number of hydrogen-bond acceptors (Lipinski definition) is 5. The molecule has 1 aromatic heterocycles. The highest BCUT2D eigenvalue weighted by Crippen LogP contribution is 2.29. The Kier molecular flexibility index (Phi) is 5.56. The van der Waals surface area contributed by atoms with E-state index >= 15 is 0 Å². The minimum Gasteiger partial charge on any atom is -0.497 e. The minimum absolute atomic E-state index is 0.258. The van der Waals surface area contributed by atoms with Crippen LogP contribution in [0.5, 0.6) is 11.5 Å². The largest absolute Gasteiger partial charge is 0.497 e. The number of anilines is 3. The molecular weight excluding hydrogens is 342 g/mol. The Hall–Kier alpha value is -3.54. The van der Waals surface area contributed by atoms with Gasteiger partial charge in [0.15, 0.2) is 0 Å². The second kappa shape index (κ2) is 8.23. The lowest BCUT2D eigenvalue weighted by molar-refractivity contribution is 0.102. The van der Waals surface area contributed by atoms with E-state index in [1.807, 2.05) is 42.3 Å². The quantitative estimate of drug-likeness (QED) is 0.714. The zero-order valence-electron chi connectivity index (χ0n) is 15.5. The van der Waals surface area contributed by atoms with E-state index in [-0.39, 0.29) is 5.91 Å². The van der Waals surface area contributed by atoms with Crippen LogP contribution < -0.4 is 19.7 Å². The van der Waals surface area contributed by atoms with Crippen molar-refractivity contribution >= 4 is 23.1 Å². The maximum Gasteiger partial charge on any atom is 0.255 e. The van der Waals surface area contributed by atoms with E-state index in [9.17, 15) is 4.79 Å². The van der Waals surface area contributed by atoms with Crippen LogP contribution in [-0.2, 0) is 0 Å². The van der Waals surface area contributed by atoms with E-state index in [4.69, 9.17) is 9.47 Å². The first kappa shape index (κ1) is 18.3. The number of ether oxygens (including phenoxy) is 2. The van der Waals surface area contributed by atoms with Gasteiger partial charge in [-0.1, -0.05) is 18.2 Å². The molecule has 1 amide bonds. The van der Waals surface area contributed by atoms with Gasteiger partial charge in [0.1, 0.15) is 17.3 Å². The fraction of sp³-hybridized carbons (Fsp3) is 0.143. The van der Waals surface area contributed by atoms with Gasteiger partial charge < -0.3 is 19.7 Å². The third-order valence-electron chi connectivity index (χ3n) is 4.15. The number of amides is 1. The van der Waals surface area contributed by atoms with Crippen molar-refractivity contribution in [1.82, 2.24) is 4.98 Å². The second-order valence-corrected chi connectivity index (χ2v) is 5.82. The van der Waals surface area contributed by atoms with Crippen molar-refractivity contribution in [3.05, 3.63) is 72.4 Å². The van der Waals surface area contributed by atoms with Gasteiger partial charge in [0.2, 0.25) is 0 Å². The van der Waals surface area contributed by atoms with Gasteiger partial charge in [-0.3, -0.25) is 4.79 Å². The summed E-state index contributed by atoms with van der Waals surface area (Å²) in [6, 6.07) is 18.5. The number of hydrogen-bond donors (Lipinski definition) is 1. The van der Waals surface area contributed by atoms with Crippen LogP contribution in [0.25, 0.3) is 0 Å². The van der Waals surface area contributed by atoms with Crippen LogP contribution in [0.1, 0.15) is 10.4 Å². The van der Waals surface area contributed by atoms with Gasteiger partial charge in [-0.05, 0) is 36.4 Å². The van der Waals surface area contributed by atoms with Gasteiger partial charge in [0, 0.05) is 30.6 Å². The van der Waals surface area contributed by atoms with Crippen molar-refractivity contribution in [3.63, 3.8) is 0 Å². The summed E-state index contributed by atoms with van der Waals surface area (Å²) in [4.78, 5) is 19.0. The first-order valence-corrected chi connectivity index (χ1v) is 8.40. The number of pyridine rings is 1. The van der Waals surface area contributed by atoms with Crippen LogP contribution in [-0.4, -0.2) is 32.2 Å². The number of para-hydroxylation sites is 1. The zero-order chi connectivity index (χ0) is 19.2. The molecule has 2 aromatic carbocycles. The molecule has 1 heterocycles. The first-order valence-electron chi connectivity index (χ1n) is 8.40. The monoisotopic (exact) mass is 363 g/mol. The highest BCUT2D eigenvalue weighted by atomic mass is 16.5. The average Bonchev–Trinajstić information content (AvgIpc) is 2.73. The maximum absolute atomic E-state index is 12.7. The van der Waals surface area contributed by atoms with Crippen LogP contribution in [0, 0.1) is 0 Å². The number of rotatable bonds is 6. The maximum atomic E-state index is 12.7. The van der Waals surface area contributed by atoms with E-state index in [0.717, 1.165) is 5.69 Å². The molecule has 0 aliphatic rings. The number of nitrogens with zero attached hydrogens (tertiary/aromatic N) is 2. The minimum atomic E-state index is -0.258. The molecule has 0 unspecified atom stereocenters. The fourth-order valence-electron chi connectivity index (χ4n) is 2.63. The van der Waals surface area contributed by atoms with Crippen molar-refractivity contribution in [2.75, 3.05) is 31.5 Å². The summed E-state index contributed by atoms with van der Waals surface area (Å²) in [5.41, 5.74) is 2.02. The zero-order valence-corrected chi connectivity index (χ0v) is 15.5. The Morgan fingerprint density at radius 3 is 2.48 bits per heavy atom. The Morgan fingerprint density at radius 2 is 1.78 bits per heavy atom. The molecule has 1 N–H and O–H groups in total. The molecule has 0 atom stereocenters. The summed E-state index contributed by atoms with van der Waals surface area (Å²) in [6.45, 7) is 0. The predicted octanol–water partition coefficient (Wildman–Crippen LogP) is 4.12. The number of carbonyl (C=O) groups excluding carboxylic acids is 1. The summed E-state index contributed by atoms with van der Waals surface area (Å²) in [6.07, 6.45) is 1.62. The molecule has 0 saturated heterocycles. The normalized spacial score (nSPS) is 10.2. The van der Waals surface area contributed by atoms with Crippen LogP contribution in [0.2, 0.25) is 0 Å². The SMILES string of the molecule is COc1ccc(OC)c(NC(=O)c2ccnc(N(C)c3ccccc3)c2)c1. The van der Waals surface area contributed by atoms with Gasteiger partial charge in [-0.25, -0.2) is 4.98 Å². The van der Waals surface area contributed by atoms with Crippen molar-refractivity contribution in [3.8, 4) is 11.5 Å². The Labute approximate surface area is 158 Å². The van der Waals surface area contributed by atoms with Crippen molar-refractivity contribution in [2.24, 2.45) is 0 Å². The highest BCUT2D eigenvalue weighted by Gasteiger charge is 2.13. The van der Waals surface area contributed by atoms with Crippen molar-refractivity contribution in [2.45, 2.75) is 0 Å². The summed E-state index contributed by atoms with van der Waals surface area (Å²) < 4.78 is 10.5. The number of methoxy groups -OCH3 is 2. The third kappa shape index (κ3) is 4.17. The fourth-order valence-corrected chi connectivity index (χ4v) is 2.63. The van der Waals surface area contributed by atoms with E-state index in [2.05, 4.69) is 10.3 Å². The molecule has 6 heteroatoms. The summed E-state index contributed by atoms with van der Waals surface area (Å²) in [7, 11) is 5.03. The molecule has 0 radical (unpaired) electrons. The topological polar surface area (TPSA) is 63.7 Å². The molecule has 0 aliphatic carbocycles. The summed E-state index contributed by atoms with van der Waals surface area (Å²) in [5.74, 6) is 1.60. The molecule has 3 rings (SSSR count). The molecule has 0 saturated carbocycles. The Balaban J connectivity index is 1.84. The molecular formula is C21H21N3O3. The number of aromatic nitrogens is 1. The Bertz CT molecular complexity index is 929. The van der Waals surface area contributed by atoms with Gasteiger partial charge in [0.05, 0.1) is 19.9 Å². The number of benzene rings is 2. The lowest BCUT2D eigenvalue weighted by Crippen LogP contribution is -2.15. The van der Waals surface area contributed by atoms with E-state index in [0.29, 0.717) is 28.6 Å². The van der Waals surface area contributed by atoms with Gasteiger partial charge in [-0.2, -0.15) is 0 Å². The molecule has 3 aromatic rings. The standard InChI is InChI=1S/C21H21N3O3/c1-24(16-7-5-4-6-8-16)20-13-15(11-12-22-20)21(25)23-18-14-17(26-2)9-10-19(18)27-3/h4-14H,1-3H3,(H,23,25). The van der Waals surface area contributed by atoms with Crippen molar-refractivity contribution < 1.29 is 14.3 Å². The lowest BCUT2D eigenvalue weighted by Gasteiger charge is -2.19. The van der Waals surface area contributed by atoms with Gasteiger partial charge in [0.25, 0.3) is 5.91 Å². The molecule has 27 heavy (non-hydrogen) atoms. The molecule has 138 valence electrons. The average molecular weight is 363 g/mol. The predicted molar refractivity (Wildman–Crippen MR) is 106 cm³/mol. The molecule has 0 spiro atoms. The van der Waals surface area contributed by atoms with Crippen LogP contribution in [0.3, 0.4) is 0 Å². The van der Waals surface area contributed by atoms with Gasteiger partial charge >= 0.3 is 0 Å². The van der Waals surface area contributed by atoms with Crippen LogP contribution in [0.15, 0.2) is 66.9 Å². The van der Waals surface area contributed by atoms with Gasteiger partial charge in [-0.15, -0.1) is 0 Å². The van der Waals surface area contributed by atoms with Crippen LogP contribution >= 0.6 is 0 Å². The molecule has 0 aliphatic heterocycles. The summed E-state index contributed by atoms with van der Waals surface area (Å²) in [5, 5.41) is 2.87. The molecule has 6 nitrogen and oxygen atoms in total. The second-order valence-electron chi connectivity index (χ2n) is 5.82. The third-order valence-corrected chi connectivity index (χ3v) is 4.15. The lowest BCUT2D eigenvalue weighted by atomic mass is 10.2. The molecule has 0 bridgehead atoms. The Morgan fingerprint density at radius 1 is 1.00 bits per heavy atom. The van der Waals surface area contributed by atoms with E-state index < -0.39 is 0 Å². The smallest absolute Gasteiger partial charge is 0.255 e.